The summed E-state index contributed by atoms with van der Waals surface area (Å²) in [6.45, 7) is 7.14. The van der Waals surface area contributed by atoms with Crippen molar-refractivity contribution in [2.45, 2.75) is 45.8 Å². The molecular formula is C16H24ClN3O5. The maximum Gasteiger partial charge on any atom is 0.413 e. The number of nitrogens with one attached hydrogen (secondary N) is 1. The first-order valence-electron chi connectivity index (χ1n) is 8.13. The molecule has 2 heterocycles. The van der Waals surface area contributed by atoms with Gasteiger partial charge in [-0.25, -0.2) is 14.3 Å². The van der Waals surface area contributed by atoms with Crippen LogP contribution in [0, 0.1) is 5.92 Å². The lowest BCUT2D eigenvalue weighted by molar-refractivity contribution is 0.0575. The summed E-state index contributed by atoms with van der Waals surface area (Å²) in [6.07, 6.45) is 1.08. The second-order valence-electron chi connectivity index (χ2n) is 6.87. The molecule has 25 heavy (non-hydrogen) atoms. The van der Waals surface area contributed by atoms with Crippen LogP contribution in [0.25, 0.3) is 0 Å². The lowest BCUT2D eigenvalue weighted by atomic mass is 10.0. The van der Waals surface area contributed by atoms with Gasteiger partial charge in [0, 0.05) is 19.8 Å². The first kappa shape index (κ1) is 19.5. The Morgan fingerprint density at radius 1 is 1.36 bits per heavy atom. The first-order valence-corrected chi connectivity index (χ1v) is 8.51. The van der Waals surface area contributed by atoms with Crippen LogP contribution in [0.1, 0.15) is 44.1 Å². The number of nitrogens with zero attached hydrogens (tertiary/aromatic N) is 2. The number of amides is 1. The zero-order valence-electron chi connectivity index (χ0n) is 14.9. The van der Waals surface area contributed by atoms with Crippen molar-refractivity contribution in [3.63, 3.8) is 0 Å². The van der Waals surface area contributed by atoms with Crippen molar-refractivity contribution in [2.24, 2.45) is 5.92 Å². The zero-order chi connectivity index (χ0) is 18.6. The molecule has 8 nitrogen and oxygen atoms in total. The van der Waals surface area contributed by atoms with E-state index in [1.165, 1.54) is 11.8 Å². The quantitative estimate of drug-likeness (QED) is 0.815. The van der Waals surface area contributed by atoms with Crippen LogP contribution in [0.15, 0.2) is 0 Å². The number of carbonyl (C=O) groups is 2. The summed E-state index contributed by atoms with van der Waals surface area (Å²) in [5.41, 5.74) is -0.699. The van der Waals surface area contributed by atoms with E-state index in [0.717, 1.165) is 12.8 Å². The number of carbonyl (C=O) groups excluding carboxylic acids is 2. The molecule has 1 saturated heterocycles. The molecule has 0 radical (unpaired) electrons. The highest BCUT2D eigenvalue weighted by atomic mass is 35.5. The van der Waals surface area contributed by atoms with E-state index in [9.17, 15) is 9.59 Å². The number of aromatic nitrogens is 2. The number of hydrogen-bond acceptors (Lipinski definition) is 6. The van der Waals surface area contributed by atoms with E-state index in [1.54, 1.807) is 20.8 Å². The lowest BCUT2D eigenvalue weighted by Crippen LogP contribution is -2.29. The van der Waals surface area contributed by atoms with E-state index in [4.69, 9.17) is 25.8 Å². The SMILES string of the molecule is COC(=O)c1nn(CC2CCOCC2)c(NC(=O)OC(C)(C)C)c1Cl. The molecule has 0 aliphatic carbocycles. The van der Waals surface area contributed by atoms with Gasteiger partial charge >= 0.3 is 12.1 Å². The summed E-state index contributed by atoms with van der Waals surface area (Å²) < 4.78 is 16.8. The molecule has 0 spiro atoms. The maximum absolute atomic E-state index is 12.1. The fourth-order valence-corrected chi connectivity index (χ4v) is 2.75. The normalized spacial score (nSPS) is 15.7. The highest BCUT2D eigenvalue weighted by molar-refractivity contribution is 6.36. The number of rotatable bonds is 4. The maximum atomic E-state index is 12.1. The van der Waals surface area contributed by atoms with Gasteiger partial charge in [0.15, 0.2) is 11.5 Å². The summed E-state index contributed by atoms with van der Waals surface area (Å²) in [7, 11) is 1.25. The van der Waals surface area contributed by atoms with Gasteiger partial charge in [-0.05, 0) is 39.5 Å². The van der Waals surface area contributed by atoms with Crippen LogP contribution < -0.4 is 5.32 Å². The van der Waals surface area contributed by atoms with Gasteiger partial charge in [-0.15, -0.1) is 0 Å². The molecule has 1 fully saturated rings. The third kappa shape index (κ3) is 5.34. The van der Waals surface area contributed by atoms with Gasteiger partial charge in [-0.3, -0.25) is 5.32 Å². The molecule has 0 saturated carbocycles. The number of halogens is 1. The Labute approximate surface area is 151 Å². The Bertz CT molecular complexity index is 632. The molecule has 0 atom stereocenters. The Morgan fingerprint density at radius 3 is 2.56 bits per heavy atom. The summed E-state index contributed by atoms with van der Waals surface area (Å²) in [4.78, 5) is 24.0. The molecule has 140 valence electrons. The molecule has 1 aliphatic rings. The number of methoxy groups -OCH3 is 1. The molecule has 1 amide bonds. The van der Waals surface area contributed by atoms with Crippen molar-refractivity contribution >= 4 is 29.5 Å². The van der Waals surface area contributed by atoms with Gasteiger partial charge in [-0.2, -0.15) is 5.10 Å². The van der Waals surface area contributed by atoms with Gasteiger partial charge < -0.3 is 14.2 Å². The predicted molar refractivity (Wildman–Crippen MR) is 92.0 cm³/mol. The average molecular weight is 374 g/mol. The molecule has 0 aromatic carbocycles. The van der Waals surface area contributed by atoms with Crippen LogP contribution >= 0.6 is 11.6 Å². The van der Waals surface area contributed by atoms with E-state index < -0.39 is 17.7 Å². The topological polar surface area (TPSA) is 91.7 Å². The minimum absolute atomic E-state index is 0.0322. The lowest BCUT2D eigenvalue weighted by Gasteiger charge is -2.23. The minimum Gasteiger partial charge on any atom is -0.464 e. The third-order valence-electron chi connectivity index (χ3n) is 3.66. The van der Waals surface area contributed by atoms with Crippen LogP contribution in [0.4, 0.5) is 10.6 Å². The van der Waals surface area contributed by atoms with Crippen LogP contribution in [-0.2, 0) is 20.8 Å². The molecule has 1 aromatic heterocycles. The highest BCUT2D eigenvalue weighted by Gasteiger charge is 2.27. The number of anilines is 1. The minimum atomic E-state index is -0.668. The Hall–Kier alpha value is -1.80. The van der Waals surface area contributed by atoms with Crippen molar-refractivity contribution in [2.75, 3.05) is 25.6 Å². The van der Waals surface area contributed by atoms with E-state index in [-0.39, 0.29) is 16.5 Å². The summed E-state index contributed by atoms with van der Waals surface area (Å²) in [5.74, 6) is -0.125. The highest BCUT2D eigenvalue weighted by Crippen LogP contribution is 2.29. The van der Waals surface area contributed by atoms with Crippen LogP contribution in [0.5, 0.6) is 0 Å². The molecule has 2 rings (SSSR count). The predicted octanol–water partition coefficient (Wildman–Crippen LogP) is 3.10. The Balaban J connectivity index is 2.25. The van der Waals surface area contributed by atoms with E-state index in [0.29, 0.717) is 25.7 Å². The average Bonchev–Trinajstić information content (AvgIpc) is 2.82. The molecule has 1 aromatic rings. The van der Waals surface area contributed by atoms with Crippen molar-refractivity contribution in [1.82, 2.24) is 9.78 Å². The standard InChI is InChI=1S/C16H24ClN3O5/c1-16(2,3)25-15(22)18-13-11(17)12(14(21)23-4)19-20(13)9-10-5-7-24-8-6-10/h10H,5-9H2,1-4H3,(H,18,22). The van der Waals surface area contributed by atoms with Crippen molar-refractivity contribution in [1.29, 1.82) is 0 Å². The number of hydrogen-bond donors (Lipinski definition) is 1. The third-order valence-corrected chi connectivity index (χ3v) is 4.02. The van der Waals surface area contributed by atoms with Crippen molar-refractivity contribution in [3.05, 3.63) is 10.7 Å². The monoisotopic (exact) mass is 373 g/mol. The summed E-state index contributed by atoms with van der Waals surface area (Å²) >= 11 is 6.26. The Kier molecular flexibility index (Phi) is 6.29. The molecule has 0 bridgehead atoms. The van der Waals surface area contributed by atoms with Crippen molar-refractivity contribution < 1.29 is 23.8 Å². The fraction of sp³-hybridized carbons (Fsp3) is 0.688. The molecule has 1 N–H and O–H groups in total. The van der Waals surface area contributed by atoms with Gasteiger partial charge in [0.1, 0.15) is 10.6 Å². The smallest absolute Gasteiger partial charge is 0.413 e. The van der Waals surface area contributed by atoms with Crippen LogP contribution in [-0.4, -0.2) is 47.8 Å². The zero-order valence-corrected chi connectivity index (χ0v) is 15.7. The molecule has 0 unspecified atom stereocenters. The Morgan fingerprint density at radius 2 is 2.00 bits per heavy atom. The van der Waals surface area contributed by atoms with E-state index >= 15 is 0 Å². The molecular weight excluding hydrogens is 350 g/mol. The molecule has 9 heteroatoms. The van der Waals surface area contributed by atoms with E-state index in [1.807, 2.05) is 0 Å². The number of ether oxygens (including phenoxy) is 3. The fourth-order valence-electron chi connectivity index (χ4n) is 2.49. The second kappa shape index (κ2) is 8.05. The second-order valence-corrected chi connectivity index (χ2v) is 7.25. The summed E-state index contributed by atoms with van der Waals surface area (Å²) in [5, 5.41) is 6.85. The van der Waals surface area contributed by atoms with Crippen LogP contribution in [0.2, 0.25) is 5.02 Å². The van der Waals surface area contributed by atoms with Crippen molar-refractivity contribution in [3.8, 4) is 0 Å². The van der Waals surface area contributed by atoms with Gasteiger partial charge in [-0.1, -0.05) is 11.6 Å². The first-order chi connectivity index (χ1) is 11.7. The van der Waals surface area contributed by atoms with Gasteiger partial charge in [0.25, 0.3) is 0 Å². The largest absolute Gasteiger partial charge is 0.464 e. The van der Waals surface area contributed by atoms with Gasteiger partial charge in [0.05, 0.1) is 7.11 Å². The number of esters is 1. The van der Waals surface area contributed by atoms with E-state index in [2.05, 4.69) is 10.4 Å². The van der Waals surface area contributed by atoms with Gasteiger partial charge in [0.2, 0.25) is 0 Å². The summed E-state index contributed by atoms with van der Waals surface area (Å²) in [6, 6.07) is 0. The van der Waals surface area contributed by atoms with Crippen LogP contribution in [0.3, 0.4) is 0 Å². The molecule has 1 aliphatic heterocycles.